The molecular weight excluding hydrogens is 400 g/mol. The van der Waals surface area contributed by atoms with Gasteiger partial charge in [0.05, 0.1) is 25.6 Å². The smallest absolute Gasteiger partial charge is 0.246 e. The normalized spacial score (nSPS) is 15.8. The van der Waals surface area contributed by atoms with Crippen LogP contribution in [0.15, 0.2) is 37.2 Å². The van der Waals surface area contributed by atoms with Crippen molar-refractivity contribution in [3.05, 3.63) is 42.9 Å². The van der Waals surface area contributed by atoms with Crippen molar-refractivity contribution in [2.45, 2.75) is 19.1 Å². The predicted octanol–water partition coefficient (Wildman–Crippen LogP) is 1.96. The molecule has 0 radical (unpaired) electrons. The number of rotatable bonds is 7. The minimum atomic E-state index is -0.0939. The average Bonchev–Trinajstić information content (AvgIpc) is 3.42. The van der Waals surface area contributed by atoms with Crippen LogP contribution in [0.3, 0.4) is 0 Å². The molecule has 31 heavy (non-hydrogen) atoms. The second-order valence-electron chi connectivity index (χ2n) is 7.12. The number of aromatic nitrogens is 4. The van der Waals surface area contributed by atoms with E-state index in [-0.39, 0.29) is 18.6 Å². The lowest BCUT2D eigenvalue weighted by Crippen LogP contribution is -2.27. The largest absolute Gasteiger partial charge is 0.496 e. The van der Waals surface area contributed by atoms with Gasteiger partial charge in [-0.05, 0) is 12.5 Å². The van der Waals surface area contributed by atoms with Gasteiger partial charge in [-0.25, -0.2) is 14.6 Å². The molecule has 3 heterocycles. The number of methoxy groups -OCH3 is 2. The molecule has 4 rings (SSSR count). The Morgan fingerprint density at radius 1 is 1.23 bits per heavy atom. The van der Waals surface area contributed by atoms with Crippen LogP contribution in [0.4, 0.5) is 5.82 Å². The quantitative estimate of drug-likeness (QED) is 0.572. The molecule has 2 aromatic heterocycles. The Kier molecular flexibility index (Phi) is 5.61. The number of hydrogen-bond acceptors (Lipinski definition) is 8. The molecule has 0 spiro atoms. The predicted molar refractivity (Wildman–Crippen MR) is 114 cm³/mol. The van der Waals surface area contributed by atoms with Crippen molar-refractivity contribution in [3.63, 3.8) is 0 Å². The van der Waals surface area contributed by atoms with Crippen LogP contribution in [0.1, 0.15) is 18.2 Å². The number of ether oxygens (including phenoxy) is 3. The SMILES string of the molecule is C=CC(=O)N1CCC(n2nc(COc3cc(OC)cc(OC)c3)c3c(N)ncnc32)C1. The number of nitrogen functional groups attached to an aromatic ring is 1. The molecule has 1 unspecified atom stereocenters. The van der Waals surface area contributed by atoms with Crippen molar-refractivity contribution in [1.82, 2.24) is 24.6 Å². The summed E-state index contributed by atoms with van der Waals surface area (Å²) in [7, 11) is 3.15. The van der Waals surface area contributed by atoms with Crippen LogP contribution in [0, 0.1) is 0 Å². The van der Waals surface area contributed by atoms with Crippen LogP contribution in [-0.2, 0) is 11.4 Å². The summed E-state index contributed by atoms with van der Waals surface area (Å²) in [6, 6.07) is 5.26. The van der Waals surface area contributed by atoms with Crippen molar-refractivity contribution in [2.24, 2.45) is 0 Å². The molecule has 0 aliphatic carbocycles. The lowest BCUT2D eigenvalue weighted by Gasteiger charge is -2.14. The highest BCUT2D eigenvalue weighted by molar-refractivity contribution is 5.88. The van der Waals surface area contributed by atoms with Gasteiger partial charge in [-0.15, -0.1) is 0 Å². The first-order chi connectivity index (χ1) is 15.0. The van der Waals surface area contributed by atoms with Crippen LogP contribution in [0.2, 0.25) is 0 Å². The summed E-state index contributed by atoms with van der Waals surface area (Å²) >= 11 is 0. The number of hydrogen-bond donors (Lipinski definition) is 1. The molecule has 1 aliphatic rings. The molecule has 2 N–H and O–H groups in total. The zero-order chi connectivity index (χ0) is 22.0. The van der Waals surface area contributed by atoms with E-state index >= 15 is 0 Å². The van der Waals surface area contributed by atoms with Gasteiger partial charge < -0.3 is 24.8 Å². The van der Waals surface area contributed by atoms with Crippen LogP contribution in [0.25, 0.3) is 11.0 Å². The molecular formula is C21H24N6O4. The van der Waals surface area contributed by atoms with Gasteiger partial charge >= 0.3 is 0 Å². The molecule has 0 saturated carbocycles. The Labute approximate surface area is 179 Å². The molecule has 1 atom stereocenters. The van der Waals surface area contributed by atoms with E-state index in [0.29, 0.717) is 52.9 Å². The molecule has 1 amide bonds. The summed E-state index contributed by atoms with van der Waals surface area (Å²) in [6.45, 7) is 4.87. The van der Waals surface area contributed by atoms with E-state index < -0.39 is 0 Å². The summed E-state index contributed by atoms with van der Waals surface area (Å²) in [5.74, 6) is 2.03. The summed E-state index contributed by atoms with van der Waals surface area (Å²) in [5.41, 5.74) is 7.38. The fourth-order valence-corrected chi connectivity index (χ4v) is 3.71. The van der Waals surface area contributed by atoms with Gasteiger partial charge in [-0.1, -0.05) is 6.58 Å². The number of benzene rings is 1. The molecule has 0 bridgehead atoms. The number of likely N-dealkylation sites (tertiary alicyclic amines) is 1. The second-order valence-corrected chi connectivity index (χ2v) is 7.12. The molecule has 10 heteroatoms. The van der Waals surface area contributed by atoms with Crippen LogP contribution in [-0.4, -0.2) is 57.9 Å². The van der Waals surface area contributed by atoms with Crippen LogP contribution < -0.4 is 19.9 Å². The Hall–Kier alpha value is -3.82. The highest BCUT2D eigenvalue weighted by atomic mass is 16.5. The number of nitrogens with two attached hydrogens (primary N) is 1. The molecule has 1 aliphatic heterocycles. The molecule has 162 valence electrons. The standard InChI is InChI=1S/C21H24N6O4/c1-4-18(28)26-6-5-13(10-26)27-21-19(20(22)23-12-24-21)17(25-27)11-31-16-8-14(29-2)7-15(9-16)30-3/h4,7-9,12-13H,1,5-6,10-11H2,2-3H3,(H2,22,23,24). The van der Waals surface area contributed by atoms with Crippen molar-refractivity contribution in [1.29, 1.82) is 0 Å². The number of amides is 1. The zero-order valence-electron chi connectivity index (χ0n) is 17.4. The Balaban J connectivity index is 1.63. The molecule has 1 saturated heterocycles. The Morgan fingerprint density at radius 3 is 2.61 bits per heavy atom. The highest BCUT2D eigenvalue weighted by Crippen LogP contribution is 2.31. The van der Waals surface area contributed by atoms with E-state index in [0.717, 1.165) is 6.42 Å². The van der Waals surface area contributed by atoms with Crippen molar-refractivity contribution >= 4 is 22.8 Å². The fraction of sp³-hybridized carbons (Fsp3) is 0.333. The maximum atomic E-state index is 12.0. The Bertz CT molecular complexity index is 1110. The lowest BCUT2D eigenvalue weighted by atomic mass is 10.2. The third-order valence-corrected chi connectivity index (χ3v) is 5.29. The topological polar surface area (TPSA) is 118 Å². The van der Waals surface area contributed by atoms with Gasteiger partial charge in [0, 0.05) is 31.3 Å². The second kappa shape index (κ2) is 8.50. The van der Waals surface area contributed by atoms with Gasteiger partial charge in [0.15, 0.2) is 5.65 Å². The molecule has 10 nitrogen and oxygen atoms in total. The van der Waals surface area contributed by atoms with Crippen molar-refractivity contribution in [3.8, 4) is 17.2 Å². The third-order valence-electron chi connectivity index (χ3n) is 5.29. The lowest BCUT2D eigenvalue weighted by molar-refractivity contribution is -0.125. The number of anilines is 1. The monoisotopic (exact) mass is 424 g/mol. The fourth-order valence-electron chi connectivity index (χ4n) is 3.71. The number of carbonyl (C=O) groups excluding carboxylic acids is 1. The number of carbonyl (C=O) groups is 1. The summed E-state index contributed by atoms with van der Waals surface area (Å²) in [4.78, 5) is 22.2. The van der Waals surface area contributed by atoms with Crippen molar-refractivity contribution in [2.75, 3.05) is 33.0 Å². The summed E-state index contributed by atoms with van der Waals surface area (Å²) in [5, 5.41) is 5.38. The summed E-state index contributed by atoms with van der Waals surface area (Å²) < 4.78 is 18.4. The van der Waals surface area contributed by atoms with Gasteiger partial charge in [-0.2, -0.15) is 5.10 Å². The first-order valence-electron chi connectivity index (χ1n) is 9.78. The Morgan fingerprint density at radius 2 is 1.94 bits per heavy atom. The minimum Gasteiger partial charge on any atom is -0.496 e. The first-order valence-corrected chi connectivity index (χ1v) is 9.78. The average molecular weight is 424 g/mol. The van der Waals surface area contributed by atoms with E-state index in [4.69, 9.17) is 25.0 Å². The van der Waals surface area contributed by atoms with Crippen molar-refractivity contribution < 1.29 is 19.0 Å². The maximum Gasteiger partial charge on any atom is 0.246 e. The minimum absolute atomic E-state index is 0.0219. The molecule has 1 aromatic carbocycles. The van der Waals surface area contributed by atoms with E-state index in [1.807, 2.05) is 4.68 Å². The highest BCUT2D eigenvalue weighted by Gasteiger charge is 2.29. The van der Waals surface area contributed by atoms with Gasteiger partial charge in [-0.3, -0.25) is 4.79 Å². The molecule has 1 fully saturated rings. The number of fused-ring (bicyclic) bond motifs is 1. The molecule has 3 aromatic rings. The third kappa shape index (κ3) is 3.96. The van der Waals surface area contributed by atoms with Crippen LogP contribution >= 0.6 is 0 Å². The van der Waals surface area contributed by atoms with E-state index in [1.54, 1.807) is 37.3 Å². The first kappa shape index (κ1) is 20.5. The maximum absolute atomic E-state index is 12.0. The van der Waals surface area contributed by atoms with E-state index in [9.17, 15) is 4.79 Å². The zero-order valence-corrected chi connectivity index (χ0v) is 17.4. The van der Waals surface area contributed by atoms with Crippen LogP contribution in [0.5, 0.6) is 17.2 Å². The van der Waals surface area contributed by atoms with Gasteiger partial charge in [0.25, 0.3) is 0 Å². The number of nitrogens with zero attached hydrogens (tertiary/aromatic N) is 5. The summed E-state index contributed by atoms with van der Waals surface area (Å²) in [6.07, 6.45) is 3.49. The van der Waals surface area contributed by atoms with E-state index in [1.165, 1.54) is 12.4 Å². The van der Waals surface area contributed by atoms with Gasteiger partial charge in [0.2, 0.25) is 5.91 Å². The van der Waals surface area contributed by atoms with Gasteiger partial charge in [0.1, 0.15) is 41.7 Å². The van der Waals surface area contributed by atoms with E-state index in [2.05, 4.69) is 16.5 Å².